The minimum atomic E-state index is -1.44. The average Bonchev–Trinajstić information content (AvgIpc) is 3.09. The van der Waals surface area contributed by atoms with Gasteiger partial charge in [-0.25, -0.2) is 5.48 Å². The molecule has 1 amide bonds. The van der Waals surface area contributed by atoms with Crippen molar-refractivity contribution in [2.24, 2.45) is 0 Å². The topological polar surface area (TPSA) is 130 Å². The van der Waals surface area contributed by atoms with Crippen molar-refractivity contribution < 1.29 is 25.0 Å². The summed E-state index contributed by atoms with van der Waals surface area (Å²) >= 11 is 0. The molecule has 22 heavy (non-hydrogen) atoms. The molecule has 4 N–H and O–H groups in total. The maximum atomic E-state index is 11.4. The van der Waals surface area contributed by atoms with E-state index in [9.17, 15) is 15.0 Å². The molecular formula is C13H22N4O5. The van der Waals surface area contributed by atoms with Gasteiger partial charge in [-0.15, -0.1) is 5.10 Å². The first-order chi connectivity index (χ1) is 10.6. The number of nitrogens with zero attached hydrogens (tertiary/aromatic N) is 3. The van der Waals surface area contributed by atoms with Gasteiger partial charge in [-0.1, -0.05) is 31.4 Å². The second-order valence-electron chi connectivity index (χ2n) is 5.40. The van der Waals surface area contributed by atoms with Crippen LogP contribution < -0.4 is 5.48 Å². The number of aryl methyl sites for hydroxylation is 1. The number of amides is 1. The highest BCUT2D eigenvalue weighted by Crippen LogP contribution is 2.32. The van der Waals surface area contributed by atoms with Gasteiger partial charge in [0.05, 0.1) is 6.20 Å². The highest BCUT2D eigenvalue weighted by atomic mass is 16.6. The Labute approximate surface area is 127 Å². The molecule has 9 nitrogen and oxygen atoms in total. The smallest absolute Gasteiger partial charge is 0.275 e. The predicted molar refractivity (Wildman–Crippen MR) is 73.7 cm³/mol. The van der Waals surface area contributed by atoms with Crippen LogP contribution in [-0.4, -0.2) is 54.6 Å². The molecule has 1 fully saturated rings. The van der Waals surface area contributed by atoms with E-state index in [1.54, 1.807) is 10.9 Å². The third-order valence-electron chi connectivity index (χ3n) is 3.72. The molecule has 0 aromatic carbocycles. The zero-order chi connectivity index (χ0) is 16.1. The molecule has 0 bridgehead atoms. The van der Waals surface area contributed by atoms with Crippen LogP contribution in [0.3, 0.4) is 0 Å². The molecule has 1 aliphatic heterocycles. The number of carbonyl (C=O) groups is 1. The molecule has 0 radical (unpaired) electrons. The number of aliphatic hydroxyl groups is 2. The van der Waals surface area contributed by atoms with Crippen molar-refractivity contribution >= 4 is 5.91 Å². The Bertz CT molecular complexity index is 495. The van der Waals surface area contributed by atoms with E-state index >= 15 is 0 Å². The number of rotatable bonds is 7. The summed E-state index contributed by atoms with van der Waals surface area (Å²) in [5.41, 5.74) is 1.74. The van der Waals surface area contributed by atoms with Gasteiger partial charge >= 0.3 is 0 Å². The fourth-order valence-electron chi connectivity index (χ4n) is 2.46. The van der Waals surface area contributed by atoms with Crippen LogP contribution in [0.25, 0.3) is 0 Å². The second-order valence-corrected chi connectivity index (χ2v) is 5.40. The number of hydrogen-bond acceptors (Lipinski definition) is 7. The lowest BCUT2D eigenvalue weighted by molar-refractivity contribution is -0.144. The van der Waals surface area contributed by atoms with Crippen molar-refractivity contribution in [1.82, 2.24) is 20.5 Å². The number of ether oxygens (including phenoxy) is 1. The average molecular weight is 314 g/mol. The first-order valence-electron chi connectivity index (χ1n) is 7.44. The molecule has 0 spiro atoms. The lowest BCUT2D eigenvalue weighted by Crippen LogP contribution is -2.41. The zero-order valence-electron chi connectivity index (χ0n) is 12.4. The van der Waals surface area contributed by atoms with E-state index in [2.05, 4.69) is 17.2 Å². The maximum Gasteiger partial charge on any atom is 0.275 e. The third kappa shape index (κ3) is 3.61. The van der Waals surface area contributed by atoms with Crippen molar-refractivity contribution in [3.8, 4) is 0 Å². The van der Waals surface area contributed by atoms with E-state index in [4.69, 9.17) is 9.94 Å². The van der Waals surface area contributed by atoms with Crippen LogP contribution >= 0.6 is 0 Å². The van der Waals surface area contributed by atoms with Crippen LogP contribution in [0.1, 0.15) is 44.4 Å². The minimum Gasteiger partial charge on any atom is -0.387 e. The summed E-state index contributed by atoms with van der Waals surface area (Å²) in [6.07, 6.45) is 0.966. The summed E-state index contributed by atoms with van der Waals surface area (Å²) < 4.78 is 6.94. The normalized spacial score (nSPS) is 28.0. The van der Waals surface area contributed by atoms with Gasteiger partial charge in [0.2, 0.25) is 0 Å². The Hall–Kier alpha value is -1.55. The van der Waals surface area contributed by atoms with Crippen molar-refractivity contribution in [3.05, 3.63) is 11.9 Å². The van der Waals surface area contributed by atoms with Crippen LogP contribution in [0.2, 0.25) is 0 Å². The number of aromatic nitrogens is 3. The van der Waals surface area contributed by atoms with Crippen molar-refractivity contribution in [2.75, 3.05) is 0 Å². The number of carbonyl (C=O) groups excluding carboxylic acids is 1. The lowest BCUT2D eigenvalue weighted by Gasteiger charge is -2.11. The van der Waals surface area contributed by atoms with E-state index in [-0.39, 0.29) is 0 Å². The molecule has 0 saturated carbocycles. The van der Waals surface area contributed by atoms with Crippen LogP contribution in [0.15, 0.2) is 6.20 Å². The summed E-state index contributed by atoms with van der Waals surface area (Å²) in [4.78, 5) is 11.4. The lowest BCUT2D eigenvalue weighted by atomic mass is 10.1. The van der Waals surface area contributed by atoms with E-state index in [0.29, 0.717) is 12.2 Å². The first-order valence-corrected chi connectivity index (χ1v) is 7.44. The number of nitrogens with one attached hydrogen (secondary N) is 1. The maximum absolute atomic E-state index is 11.4. The van der Waals surface area contributed by atoms with Crippen LogP contribution in [0.4, 0.5) is 0 Å². The van der Waals surface area contributed by atoms with Crippen LogP contribution in [0.5, 0.6) is 0 Å². The van der Waals surface area contributed by atoms with Gasteiger partial charge in [0.15, 0.2) is 6.10 Å². The van der Waals surface area contributed by atoms with Gasteiger partial charge in [0.25, 0.3) is 5.91 Å². The highest BCUT2D eigenvalue weighted by molar-refractivity contribution is 5.80. The molecule has 0 aliphatic carbocycles. The Kier molecular flexibility index (Phi) is 5.83. The summed E-state index contributed by atoms with van der Waals surface area (Å²) in [6, 6.07) is 0. The minimum absolute atomic E-state index is 0.343. The SMILES string of the molecule is CCCCCCn1cc([C@H]2O[C@H](C(=O)NO)[C@H](O)[C@@H]2O)nn1. The molecule has 0 unspecified atom stereocenters. The Balaban J connectivity index is 1.97. The fraction of sp³-hybridized carbons (Fsp3) is 0.769. The van der Waals surface area contributed by atoms with Gasteiger partial charge < -0.3 is 14.9 Å². The monoisotopic (exact) mass is 314 g/mol. The third-order valence-corrected chi connectivity index (χ3v) is 3.72. The Morgan fingerprint density at radius 1 is 1.36 bits per heavy atom. The quantitative estimate of drug-likeness (QED) is 0.304. The molecule has 9 heteroatoms. The largest absolute Gasteiger partial charge is 0.387 e. The Morgan fingerprint density at radius 3 is 2.82 bits per heavy atom. The highest BCUT2D eigenvalue weighted by Gasteiger charge is 2.48. The Morgan fingerprint density at radius 2 is 2.14 bits per heavy atom. The number of aliphatic hydroxyl groups excluding tert-OH is 2. The van der Waals surface area contributed by atoms with Gasteiger partial charge in [-0.2, -0.15) is 0 Å². The van der Waals surface area contributed by atoms with Gasteiger partial charge in [0, 0.05) is 6.54 Å². The summed E-state index contributed by atoms with van der Waals surface area (Å²) in [5, 5.41) is 36.2. The molecule has 124 valence electrons. The summed E-state index contributed by atoms with van der Waals surface area (Å²) in [5.74, 6) is -0.916. The van der Waals surface area contributed by atoms with Crippen molar-refractivity contribution in [1.29, 1.82) is 0 Å². The molecule has 1 aliphatic rings. The van der Waals surface area contributed by atoms with E-state index in [1.165, 1.54) is 5.48 Å². The fourth-order valence-corrected chi connectivity index (χ4v) is 2.46. The van der Waals surface area contributed by atoms with E-state index in [0.717, 1.165) is 25.7 Å². The van der Waals surface area contributed by atoms with Crippen molar-refractivity contribution in [2.45, 2.75) is 63.6 Å². The zero-order valence-corrected chi connectivity index (χ0v) is 12.4. The molecule has 2 rings (SSSR count). The molecule has 1 aromatic rings. The number of unbranched alkanes of at least 4 members (excludes halogenated alkanes) is 3. The second kappa shape index (κ2) is 7.63. The molecule has 1 saturated heterocycles. The number of hydrogen-bond donors (Lipinski definition) is 4. The van der Waals surface area contributed by atoms with Crippen LogP contribution in [0, 0.1) is 0 Å². The molecule has 4 atom stereocenters. The predicted octanol–water partition coefficient (Wildman–Crippen LogP) is -0.475. The first kappa shape index (κ1) is 16.8. The molecule has 2 heterocycles. The number of hydroxylamine groups is 1. The molecular weight excluding hydrogens is 292 g/mol. The summed E-state index contributed by atoms with van der Waals surface area (Å²) in [6.45, 7) is 2.84. The van der Waals surface area contributed by atoms with Gasteiger partial charge in [-0.05, 0) is 6.42 Å². The van der Waals surface area contributed by atoms with Gasteiger partial charge in [0.1, 0.15) is 24.0 Å². The van der Waals surface area contributed by atoms with Gasteiger partial charge in [-0.3, -0.25) is 14.7 Å². The van der Waals surface area contributed by atoms with E-state index in [1.807, 2.05) is 0 Å². The molecule has 1 aromatic heterocycles. The van der Waals surface area contributed by atoms with E-state index < -0.39 is 30.3 Å². The standard InChI is InChI=1S/C13H22N4O5/c1-2-3-4-5-6-17-7-8(14-16-17)11-9(18)10(19)12(22-11)13(20)15-21/h7,9-12,18-19,21H,2-6H2,1H3,(H,15,20)/t9-,10+,11+,12-/m0/s1. The van der Waals surface area contributed by atoms with Crippen molar-refractivity contribution in [3.63, 3.8) is 0 Å². The summed E-state index contributed by atoms with van der Waals surface area (Å²) in [7, 11) is 0. The van der Waals surface area contributed by atoms with Crippen LogP contribution in [-0.2, 0) is 16.1 Å².